The van der Waals surface area contributed by atoms with Gasteiger partial charge in [-0.15, -0.1) is 0 Å². The van der Waals surface area contributed by atoms with Crippen molar-refractivity contribution in [1.82, 2.24) is 14.3 Å². The highest BCUT2D eigenvalue weighted by Crippen LogP contribution is 2.23. The summed E-state index contributed by atoms with van der Waals surface area (Å²) < 4.78 is 28.3. The highest BCUT2D eigenvalue weighted by molar-refractivity contribution is 8.06. The van der Waals surface area contributed by atoms with Crippen LogP contribution in [0.15, 0.2) is 0 Å². The quantitative estimate of drug-likeness (QED) is 0.580. The van der Waals surface area contributed by atoms with Gasteiger partial charge in [-0.25, -0.2) is 4.72 Å². The van der Waals surface area contributed by atoms with E-state index in [1.165, 1.54) is 10.1 Å². The molecule has 0 saturated carbocycles. The summed E-state index contributed by atoms with van der Waals surface area (Å²) in [4.78, 5) is 0. The first-order valence-corrected chi connectivity index (χ1v) is 10.8. The van der Waals surface area contributed by atoms with Gasteiger partial charge in [0.1, 0.15) is 0 Å². The van der Waals surface area contributed by atoms with Crippen molar-refractivity contribution in [2.45, 2.75) is 25.0 Å². The normalized spacial score (nSPS) is 20.4. The van der Waals surface area contributed by atoms with Crippen molar-refractivity contribution in [2.24, 2.45) is 0 Å². The maximum atomic E-state index is 12.1. The van der Waals surface area contributed by atoms with Crippen molar-refractivity contribution in [3.8, 4) is 0 Å². The van der Waals surface area contributed by atoms with E-state index in [2.05, 4.69) is 17.0 Å². The molecule has 0 radical (unpaired) electrons. The van der Waals surface area contributed by atoms with Gasteiger partial charge in [0.25, 0.3) is 10.2 Å². The minimum Gasteiger partial charge on any atom is -0.317 e. The Morgan fingerprint density at radius 3 is 2.75 bits per heavy atom. The smallest absolute Gasteiger partial charge is 0.279 e. The second-order valence-corrected chi connectivity index (χ2v) is 9.27. The third kappa shape index (κ3) is 7.51. The van der Waals surface area contributed by atoms with Crippen LogP contribution < -0.4 is 10.0 Å². The average molecular weight is 342 g/mol. The first-order valence-electron chi connectivity index (χ1n) is 7.17. The molecular weight excluding hydrogens is 314 g/mol. The molecule has 1 unspecified atom stereocenters. The lowest BCUT2D eigenvalue weighted by atomic mass is 10.4. The van der Waals surface area contributed by atoms with Crippen LogP contribution in [0.2, 0.25) is 0 Å². The van der Waals surface area contributed by atoms with Crippen molar-refractivity contribution in [2.75, 3.05) is 50.5 Å². The molecule has 1 fully saturated rings. The summed E-state index contributed by atoms with van der Waals surface area (Å²) in [7, 11) is -1.68. The van der Waals surface area contributed by atoms with Gasteiger partial charge < -0.3 is 5.32 Å². The van der Waals surface area contributed by atoms with E-state index in [4.69, 9.17) is 0 Å². The molecule has 2 N–H and O–H groups in total. The highest BCUT2D eigenvalue weighted by Gasteiger charge is 2.20. The number of rotatable bonds is 10. The van der Waals surface area contributed by atoms with E-state index in [1.54, 1.807) is 7.05 Å². The largest absolute Gasteiger partial charge is 0.317 e. The van der Waals surface area contributed by atoms with Gasteiger partial charge in [-0.2, -0.15) is 36.2 Å². The van der Waals surface area contributed by atoms with Crippen LogP contribution in [0.3, 0.4) is 0 Å². The Bertz CT molecular complexity index is 346. The van der Waals surface area contributed by atoms with Crippen LogP contribution in [0.1, 0.15) is 19.8 Å². The summed E-state index contributed by atoms with van der Waals surface area (Å²) in [6, 6.07) is 0. The van der Waals surface area contributed by atoms with E-state index in [1.807, 2.05) is 23.5 Å². The van der Waals surface area contributed by atoms with Gasteiger partial charge in [0.05, 0.1) is 0 Å². The number of hydrogen-bond acceptors (Lipinski definition) is 5. The van der Waals surface area contributed by atoms with E-state index in [-0.39, 0.29) is 0 Å². The Balaban J connectivity index is 2.20. The summed E-state index contributed by atoms with van der Waals surface area (Å²) >= 11 is 3.77. The Labute approximate surface area is 132 Å². The zero-order valence-electron chi connectivity index (χ0n) is 12.4. The van der Waals surface area contributed by atoms with Crippen molar-refractivity contribution in [3.05, 3.63) is 0 Å². The topological polar surface area (TPSA) is 61.4 Å². The van der Waals surface area contributed by atoms with Crippen LogP contribution in [0, 0.1) is 0 Å². The Hall–Kier alpha value is 0.530. The van der Waals surface area contributed by atoms with Gasteiger partial charge in [0.2, 0.25) is 0 Å². The van der Waals surface area contributed by atoms with E-state index in [0.717, 1.165) is 37.4 Å². The van der Waals surface area contributed by atoms with Crippen LogP contribution in [0.5, 0.6) is 0 Å². The third-order valence-corrected chi connectivity index (χ3v) is 7.42. The predicted molar refractivity (Wildman–Crippen MR) is 90.9 cm³/mol. The molecule has 0 aliphatic carbocycles. The molecule has 0 aromatic rings. The maximum Gasteiger partial charge on any atom is 0.279 e. The van der Waals surface area contributed by atoms with Crippen molar-refractivity contribution < 1.29 is 8.42 Å². The summed E-state index contributed by atoms with van der Waals surface area (Å²) in [5.74, 6) is 3.34. The first-order chi connectivity index (χ1) is 9.56. The van der Waals surface area contributed by atoms with Crippen molar-refractivity contribution >= 4 is 33.7 Å². The SMILES string of the molecule is CCCNCCCN(C)S(=O)(=O)NCC1CSCCS1. The zero-order valence-corrected chi connectivity index (χ0v) is 14.9. The summed E-state index contributed by atoms with van der Waals surface area (Å²) in [6.45, 7) is 5.07. The molecule has 8 heteroatoms. The van der Waals surface area contributed by atoms with Gasteiger partial charge in [-0.1, -0.05) is 6.92 Å². The number of thioether (sulfide) groups is 2. The van der Waals surface area contributed by atoms with Crippen LogP contribution in [0.25, 0.3) is 0 Å². The molecule has 0 spiro atoms. The molecule has 0 aromatic carbocycles. The molecule has 1 saturated heterocycles. The minimum atomic E-state index is -3.32. The lowest BCUT2D eigenvalue weighted by Crippen LogP contribution is -2.42. The monoisotopic (exact) mass is 341 g/mol. The van der Waals surface area contributed by atoms with Crippen LogP contribution in [0.4, 0.5) is 0 Å². The lowest BCUT2D eigenvalue weighted by molar-refractivity contribution is 0.445. The van der Waals surface area contributed by atoms with Gasteiger partial charge in [-0.05, 0) is 25.9 Å². The third-order valence-electron chi connectivity index (χ3n) is 3.04. The second kappa shape index (κ2) is 10.3. The molecular formula is C12H27N3O2S3. The second-order valence-electron chi connectivity index (χ2n) is 4.85. The molecule has 120 valence electrons. The molecule has 0 bridgehead atoms. The molecule has 0 amide bonds. The van der Waals surface area contributed by atoms with Crippen LogP contribution >= 0.6 is 23.5 Å². The molecule has 0 aromatic heterocycles. The summed E-state index contributed by atoms with van der Waals surface area (Å²) in [5.41, 5.74) is 0. The standard InChI is InChI=1S/C12H27N3O2S3/c1-3-5-13-6-4-7-15(2)20(16,17)14-10-12-11-18-8-9-19-12/h12-14H,3-11H2,1-2H3. The molecule has 5 nitrogen and oxygen atoms in total. The van der Waals surface area contributed by atoms with Crippen molar-refractivity contribution in [3.63, 3.8) is 0 Å². The number of nitrogens with zero attached hydrogens (tertiary/aromatic N) is 1. The maximum absolute atomic E-state index is 12.1. The van der Waals surface area contributed by atoms with Gasteiger partial charge >= 0.3 is 0 Å². The molecule has 20 heavy (non-hydrogen) atoms. The fourth-order valence-corrected chi connectivity index (χ4v) is 5.53. The van der Waals surface area contributed by atoms with E-state index >= 15 is 0 Å². The Morgan fingerprint density at radius 1 is 1.30 bits per heavy atom. The lowest BCUT2D eigenvalue weighted by Gasteiger charge is -2.23. The van der Waals surface area contributed by atoms with E-state index < -0.39 is 10.2 Å². The van der Waals surface area contributed by atoms with Gasteiger partial charge in [0.15, 0.2) is 0 Å². The minimum absolute atomic E-state index is 0.406. The Kier molecular flexibility index (Phi) is 9.56. The fraction of sp³-hybridized carbons (Fsp3) is 1.00. The van der Waals surface area contributed by atoms with Crippen molar-refractivity contribution in [1.29, 1.82) is 0 Å². The zero-order chi connectivity index (χ0) is 14.8. The molecule has 1 heterocycles. The highest BCUT2D eigenvalue weighted by atomic mass is 32.2. The molecule has 1 atom stereocenters. The van der Waals surface area contributed by atoms with E-state index in [0.29, 0.717) is 18.3 Å². The van der Waals surface area contributed by atoms with Gasteiger partial charge in [-0.3, -0.25) is 0 Å². The van der Waals surface area contributed by atoms with Gasteiger partial charge in [0, 0.05) is 42.6 Å². The van der Waals surface area contributed by atoms with Crippen LogP contribution in [-0.2, 0) is 10.2 Å². The fourth-order valence-electron chi connectivity index (χ4n) is 1.81. The average Bonchev–Trinajstić information content (AvgIpc) is 2.46. The summed E-state index contributed by atoms with van der Waals surface area (Å²) in [6.07, 6.45) is 1.94. The van der Waals surface area contributed by atoms with Crippen LogP contribution in [-0.4, -0.2) is 68.5 Å². The first kappa shape index (κ1) is 18.6. The van der Waals surface area contributed by atoms with E-state index in [9.17, 15) is 8.42 Å². The summed E-state index contributed by atoms with van der Waals surface area (Å²) in [5, 5.41) is 3.68. The molecule has 1 aliphatic rings. The molecule has 1 aliphatic heterocycles. The predicted octanol–water partition coefficient (Wildman–Crippen LogP) is 0.991. The number of hydrogen-bond donors (Lipinski definition) is 2. The molecule has 1 rings (SSSR count). The Morgan fingerprint density at radius 2 is 2.10 bits per heavy atom. The number of nitrogens with one attached hydrogen (secondary N) is 2.